The van der Waals surface area contributed by atoms with Crippen molar-refractivity contribution in [3.05, 3.63) is 0 Å². The number of esters is 1. The van der Waals surface area contributed by atoms with Gasteiger partial charge in [0.15, 0.2) is 0 Å². The molecule has 1 rings (SSSR count). The maximum absolute atomic E-state index is 10.5. The lowest BCUT2D eigenvalue weighted by Gasteiger charge is -2.37. The van der Waals surface area contributed by atoms with E-state index in [-0.39, 0.29) is 11.6 Å². The predicted octanol–water partition coefficient (Wildman–Crippen LogP) is 2.27. The van der Waals surface area contributed by atoms with Crippen LogP contribution in [0.15, 0.2) is 0 Å². The van der Waals surface area contributed by atoms with Crippen LogP contribution >= 0.6 is 0 Å². The maximum Gasteiger partial charge on any atom is 0.310 e. The summed E-state index contributed by atoms with van der Waals surface area (Å²) < 4.78 is 5.03. The molecule has 0 radical (unpaired) electrons. The van der Waals surface area contributed by atoms with Crippen molar-refractivity contribution in [2.45, 2.75) is 51.6 Å². The van der Waals surface area contributed by atoms with Crippen molar-refractivity contribution in [3.8, 4) is 0 Å². The normalized spacial score (nSPS) is 29.5. The van der Waals surface area contributed by atoms with Gasteiger partial charge in [-0.1, -0.05) is 19.8 Å². The third-order valence-electron chi connectivity index (χ3n) is 2.19. The van der Waals surface area contributed by atoms with Gasteiger partial charge in [-0.25, -0.2) is 0 Å². The Kier molecular flexibility index (Phi) is 2.53. The molecule has 0 bridgehead atoms. The largest absolute Gasteiger partial charge is 0.459 e. The van der Waals surface area contributed by atoms with Crippen molar-refractivity contribution in [1.82, 2.24) is 0 Å². The summed E-state index contributed by atoms with van der Waals surface area (Å²) in [5, 5.41) is 0. The molecule has 1 fully saturated rings. The molecule has 0 aromatic carbocycles. The molecule has 1 aliphatic heterocycles. The number of carbonyl (C=O) groups is 1. The van der Waals surface area contributed by atoms with Gasteiger partial charge in [0.2, 0.25) is 0 Å². The quantitative estimate of drug-likeness (QED) is 0.461. The van der Waals surface area contributed by atoms with Crippen LogP contribution in [0.3, 0.4) is 0 Å². The van der Waals surface area contributed by atoms with Crippen LogP contribution in [0.25, 0.3) is 0 Å². The van der Waals surface area contributed by atoms with Crippen molar-refractivity contribution in [2.24, 2.45) is 0 Å². The Bertz CT molecular complexity index is 144. The molecule has 11 heavy (non-hydrogen) atoms. The second-order valence-electron chi connectivity index (χ2n) is 3.56. The van der Waals surface area contributed by atoms with Gasteiger partial charge < -0.3 is 4.74 Å². The van der Waals surface area contributed by atoms with Gasteiger partial charge in [0, 0.05) is 0 Å². The van der Waals surface area contributed by atoms with E-state index in [4.69, 9.17) is 4.74 Å². The highest BCUT2D eigenvalue weighted by molar-refractivity contribution is 5.76. The van der Waals surface area contributed by atoms with Gasteiger partial charge >= 0.3 is 5.97 Å². The van der Waals surface area contributed by atoms with Crippen molar-refractivity contribution >= 4 is 5.97 Å². The SMILES string of the molecule is CCCCCC1(C)CC(=O)O1. The smallest absolute Gasteiger partial charge is 0.310 e. The molecule has 1 aliphatic rings. The van der Waals surface area contributed by atoms with Gasteiger partial charge in [-0.3, -0.25) is 4.79 Å². The molecular formula is C9H16O2. The van der Waals surface area contributed by atoms with Crippen LogP contribution in [0.1, 0.15) is 46.0 Å². The molecule has 0 saturated carbocycles. The van der Waals surface area contributed by atoms with Crippen molar-refractivity contribution in [2.75, 3.05) is 0 Å². The monoisotopic (exact) mass is 156 g/mol. The highest BCUT2D eigenvalue weighted by Crippen LogP contribution is 2.32. The molecule has 1 heterocycles. The minimum Gasteiger partial charge on any atom is -0.459 e. The number of hydrogen-bond acceptors (Lipinski definition) is 2. The molecule has 1 atom stereocenters. The Morgan fingerprint density at radius 2 is 2.18 bits per heavy atom. The van der Waals surface area contributed by atoms with Gasteiger partial charge in [-0.2, -0.15) is 0 Å². The number of rotatable bonds is 4. The van der Waals surface area contributed by atoms with Crippen LogP contribution < -0.4 is 0 Å². The van der Waals surface area contributed by atoms with Gasteiger partial charge in [-0.05, 0) is 19.8 Å². The van der Waals surface area contributed by atoms with E-state index >= 15 is 0 Å². The first-order chi connectivity index (χ1) is 5.16. The molecule has 0 aromatic rings. The van der Waals surface area contributed by atoms with Gasteiger partial charge in [-0.15, -0.1) is 0 Å². The molecule has 0 spiro atoms. The third-order valence-corrected chi connectivity index (χ3v) is 2.19. The average Bonchev–Trinajstić information content (AvgIpc) is 1.85. The minimum absolute atomic E-state index is 0.0380. The van der Waals surface area contributed by atoms with Gasteiger partial charge in [0.25, 0.3) is 0 Å². The first-order valence-electron chi connectivity index (χ1n) is 4.38. The van der Waals surface area contributed by atoms with Crippen LogP contribution in [0.4, 0.5) is 0 Å². The maximum atomic E-state index is 10.5. The van der Waals surface area contributed by atoms with Crippen molar-refractivity contribution in [1.29, 1.82) is 0 Å². The summed E-state index contributed by atoms with van der Waals surface area (Å²) in [6, 6.07) is 0. The fourth-order valence-corrected chi connectivity index (χ4v) is 1.46. The Morgan fingerprint density at radius 1 is 1.55 bits per heavy atom. The lowest BCUT2D eigenvalue weighted by atomic mass is 9.90. The molecule has 2 nitrogen and oxygen atoms in total. The third kappa shape index (κ3) is 2.21. The first-order valence-corrected chi connectivity index (χ1v) is 4.38. The topological polar surface area (TPSA) is 26.3 Å². The number of cyclic esters (lactones) is 1. The highest BCUT2D eigenvalue weighted by atomic mass is 16.6. The van der Waals surface area contributed by atoms with Gasteiger partial charge in [0.1, 0.15) is 5.60 Å². The summed E-state index contributed by atoms with van der Waals surface area (Å²) in [5.74, 6) is -0.0380. The average molecular weight is 156 g/mol. The molecular weight excluding hydrogens is 140 g/mol. The number of carbonyl (C=O) groups excluding carboxylic acids is 1. The van der Waals surface area contributed by atoms with E-state index < -0.39 is 0 Å². The molecule has 1 unspecified atom stereocenters. The van der Waals surface area contributed by atoms with Crippen LogP contribution in [-0.4, -0.2) is 11.6 Å². The summed E-state index contributed by atoms with van der Waals surface area (Å²) in [6.07, 6.45) is 5.31. The number of unbranched alkanes of at least 4 members (excludes halogenated alkanes) is 2. The Labute approximate surface area is 67.9 Å². The van der Waals surface area contributed by atoms with Crippen LogP contribution in [-0.2, 0) is 9.53 Å². The summed E-state index contributed by atoms with van der Waals surface area (Å²) in [6.45, 7) is 4.19. The second kappa shape index (κ2) is 3.24. The van der Waals surface area contributed by atoms with E-state index in [9.17, 15) is 4.79 Å². The van der Waals surface area contributed by atoms with E-state index in [1.807, 2.05) is 6.92 Å². The lowest BCUT2D eigenvalue weighted by molar-refractivity contribution is -0.189. The van der Waals surface area contributed by atoms with E-state index in [1.54, 1.807) is 0 Å². The Hall–Kier alpha value is -0.530. The Morgan fingerprint density at radius 3 is 2.64 bits per heavy atom. The number of ether oxygens (including phenoxy) is 1. The van der Waals surface area contributed by atoms with E-state index in [0.717, 1.165) is 6.42 Å². The predicted molar refractivity (Wildman–Crippen MR) is 43.3 cm³/mol. The van der Waals surface area contributed by atoms with Crippen LogP contribution in [0.2, 0.25) is 0 Å². The zero-order valence-electron chi connectivity index (χ0n) is 7.35. The molecule has 0 amide bonds. The first kappa shape index (κ1) is 8.57. The van der Waals surface area contributed by atoms with E-state index in [2.05, 4.69) is 6.92 Å². The molecule has 1 saturated heterocycles. The summed E-state index contributed by atoms with van der Waals surface area (Å²) in [7, 11) is 0. The number of hydrogen-bond donors (Lipinski definition) is 0. The molecule has 0 N–H and O–H groups in total. The molecule has 64 valence electrons. The fraction of sp³-hybridized carbons (Fsp3) is 0.889. The molecule has 2 heteroatoms. The van der Waals surface area contributed by atoms with Gasteiger partial charge in [0.05, 0.1) is 6.42 Å². The van der Waals surface area contributed by atoms with Crippen molar-refractivity contribution < 1.29 is 9.53 Å². The van der Waals surface area contributed by atoms with E-state index in [0.29, 0.717) is 6.42 Å². The van der Waals surface area contributed by atoms with E-state index in [1.165, 1.54) is 19.3 Å². The van der Waals surface area contributed by atoms with Crippen LogP contribution in [0.5, 0.6) is 0 Å². The van der Waals surface area contributed by atoms with Crippen molar-refractivity contribution in [3.63, 3.8) is 0 Å². The standard InChI is InChI=1S/C9H16O2/c1-3-4-5-6-9(2)7-8(10)11-9/h3-7H2,1-2H3. The zero-order chi connectivity index (χ0) is 8.32. The Balaban J connectivity index is 2.11. The molecule has 0 aliphatic carbocycles. The highest BCUT2D eigenvalue weighted by Gasteiger charge is 2.40. The van der Waals surface area contributed by atoms with Crippen LogP contribution in [0, 0.1) is 0 Å². The lowest BCUT2D eigenvalue weighted by Crippen LogP contribution is -2.44. The summed E-state index contributed by atoms with van der Waals surface area (Å²) >= 11 is 0. The summed E-state index contributed by atoms with van der Waals surface area (Å²) in [5.41, 5.74) is -0.105. The zero-order valence-corrected chi connectivity index (χ0v) is 7.35. The second-order valence-corrected chi connectivity index (χ2v) is 3.56. The minimum atomic E-state index is -0.105. The fourth-order valence-electron chi connectivity index (χ4n) is 1.46. The summed E-state index contributed by atoms with van der Waals surface area (Å²) in [4.78, 5) is 10.5. The molecule has 0 aromatic heterocycles.